The van der Waals surface area contributed by atoms with Crippen LogP contribution in [0, 0.1) is 0 Å². The van der Waals surface area contributed by atoms with Gasteiger partial charge in [0.25, 0.3) is 5.91 Å². The molecule has 0 radical (unpaired) electrons. The first kappa shape index (κ1) is 20.8. The van der Waals surface area contributed by atoms with Crippen molar-refractivity contribution in [1.82, 2.24) is 20.4 Å². The molecule has 0 atom stereocenters. The first-order valence-electron chi connectivity index (χ1n) is 10.1. The molecule has 0 aliphatic heterocycles. The lowest BCUT2D eigenvalue weighted by molar-refractivity contribution is 0.0962. The van der Waals surface area contributed by atoms with E-state index in [0.29, 0.717) is 36.0 Å². The number of carbonyl (C=O) groups is 1. The molecule has 0 spiro atoms. The minimum Gasteiger partial charge on any atom is -0.393 e. The number of hydrogen-bond donors (Lipinski definition) is 3. The highest BCUT2D eigenvalue weighted by Gasteiger charge is 2.17. The van der Waals surface area contributed by atoms with E-state index < -0.39 is 0 Å². The molecule has 4 aromatic rings. The van der Waals surface area contributed by atoms with Crippen molar-refractivity contribution >= 4 is 23.2 Å². The molecule has 2 aromatic heterocycles. The predicted octanol–water partition coefficient (Wildman–Crippen LogP) is 3.42. The second-order valence-electron chi connectivity index (χ2n) is 7.11. The van der Waals surface area contributed by atoms with Crippen molar-refractivity contribution in [3.8, 4) is 0 Å². The van der Waals surface area contributed by atoms with Crippen LogP contribution in [0.25, 0.3) is 0 Å². The Morgan fingerprint density at radius 3 is 2.12 bits per heavy atom. The maximum Gasteiger partial charge on any atom is 0.271 e. The van der Waals surface area contributed by atoms with Crippen LogP contribution in [0.4, 0.5) is 17.3 Å². The summed E-state index contributed by atoms with van der Waals surface area (Å²) >= 11 is 0. The topological polar surface area (TPSA) is 109 Å². The van der Waals surface area contributed by atoms with Gasteiger partial charge < -0.3 is 10.6 Å². The van der Waals surface area contributed by atoms with Crippen molar-refractivity contribution in [2.24, 2.45) is 0 Å². The molecule has 4 N–H and O–H groups in total. The Morgan fingerprint density at radius 2 is 1.53 bits per heavy atom. The molecule has 0 aliphatic carbocycles. The van der Waals surface area contributed by atoms with E-state index in [-0.39, 0.29) is 5.91 Å². The third-order valence-corrected chi connectivity index (χ3v) is 4.81. The number of nitrogens with two attached hydrogens (primary N) is 1. The molecule has 1 amide bonds. The summed E-state index contributed by atoms with van der Waals surface area (Å²) in [6, 6.07) is 23.6. The van der Waals surface area contributed by atoms with Crippen molar-refractivity contribution in [3.05, 3.63) is 108 Å². The van der Waals surface area contributed by atoms with Crippen molar-refractivity contribution in [3.63, 3.8) is 0 Å². The van der Waals surface area contributed by atoms with Gasteiger partial charge in [-0.2, -0.15) is 0 Å². The van der Waals surface area contributed by atoms with E-state index in [9.17, 15) is 4.79 Å². The molecule has 0 aliphatic rings. The number of rotatable bonds is 8. The molecule has 8 nitrogen and oxygen atoms in total. The van der Waals surface area contributed by atoms with Crippen LogP contribution in [0.1, 0.15) is 21.5 Å². The highest BCUT2D eigenvalue weighted by Crippen LogP contribution is 2.28. The van der Waals surface area contributed by atoms with Crippen LogP contribution in [-0.4, -0.2) is 20.9 Å². The van der Waals surface area contributed by atoms with Crippen molar-refractivity contribution in [2.45, 2.75) is 13.1 Å². The fourth-order valence-corrected chi connectivity index (χ4v) is 3.24. The average molecular weight is 425 g/mol. The fraction of sp³-hybridized carbons (Fsp3) is 0.0833. The zero-order valence-corrected chi connectivity index (χ0v) is 17.3. The summed E-state index contributed by atoms with van der Waals surface area (Å²) in [4.78, 5) is 27.0. The third-order valence-electron chi connectivity index (χ3n) is 4.81. The molecule has 32 heavy (non-hydrogen) atoms. The SMILES string of the molecule is Nc1c(NNC(=O)c2cccnc2)ncnc1N(Cc1ccccc1)Cc1ccccc1. The van der Waals surface area contributed by atoms with Crippen LogP contribution in [0.2, 0.25) is 0 Å². The van der Waals surface area contributed by atoms with Crippen molar-refractivity contribution in [1.29, 1.82) is 0 Å². The molecule has 2 aromatic carbocycles. The monoisotopic (exact) mass is 425 g/mol. The Bertz CT molecular complexity index is 1110. The van der Waals surface area contributed by atoms with Crippen LogP contribution >= 0.6 is 0 Å². The number of benzene rings is 2. The quantitative estimate of drug-likeness (QED) is 0.371. The average Bonchev–Trinajstić information content (AvgIpc) is 2.85. The normalized spacial score (nSPS) is 10.4. The summed E-state index contributed by atoms with van der Waals surface area (Å²) in [6.07, 6.45) is 4.51. The van der Waals surface area contributed by atoms with Gasteiger partial charge in [0.1, 0.15) is 12.0 Å². The van der Waals surface area contributed by atoms with Gasteiger partial charge in [-0.25, -0.2) is 9.97 Å². The summed E-state index contributed by atoms with van der Waals surface area (Å²) in [5, 5.41) is 0. The molecule has 160 valence electrons. The number of hydrogen-bond acceptors (Lipinski definition) is 7. The summed E-state index contributed by atoms with van der Waals surface area (Å²) in [7, 11) is 0. The maximum atomic E-state index is 12.3. The van der Waals surface area contributed by atoms with Crippen LogP contribution in [-0.2, 0) is 13.1 Å². The first-order chi connectivity index (χ1) is 15.7. The van der Waals surface area contributed by atoms with Gasteiger partial charge in [0, 0.05) is 25.5 Å². The summed E-state index contributed by atoms with van der Waals surface area (Å²) in [6.45, 7) is 1.22. The summed E-state index contributed by atoms with van der Waals surface area (Å²) in [5.74, 6) is 0.548. The van der Waals surface area contributed by atoms with E-state index in [0.717, 1.165) is 11.1 Å². The number of anilines is 3. The van der Waals surface area contributed by atoms with E-state index in [1.54, 1.807) is 18.3 Å². The van der Waals surface area contributed by atoms with Gasteiger partial charge >= 0.3 is 0 Å². The number of pyridine rings is 1. The van der Waals surface area contributed by atoms with E-state index >= 15 is 0 Å². The Kier molecular flexibility index (Phi) is 6.52. The maximum absolute atomic E-state index is 12.3. The second kappa shape index (κ2) is 10.0. The number of aromatic nitrogens is 3. The van der Waals surface area contributed by atoms with Gasteiger partial charge in [-0.05, 0) is 23.3 Å². The highest BCUT2D eigenvalue weighted by molar-refractivity contribution is 5.94. The Morgan fingerprint density at radius 1 is 0.875 bits per heavy atom. The van der Waals surface area contributed by atoms with E-state index in [4.69, 9.17) is 5.73 Å². The van der Waals surface area contributed by atoms with E-state index in [1.807, 2.05) is 36.4 Å². The molecule has 0 fully saturated rings. The number of hydrazine groups is 1. The highest BCUT2D eigenvalue weighted by atomic mass is 16.2. The van der Waals surface area contributed by atoms with Crippen molar-refractivity contribution < 1.29 is 4.79 Å². The minimum atomic E-state index is -0.344. The van der Waals surface area contributed by atoms with Crippen molar-refractivity contribution in [2.75, 3.05) is 16.1 Å². The molecule has 0 bridgehead atoms. The molecule has 2 heterocycles. The Balaban J connectivity index is 1.57. The molecule has 0 saturated heterocycles. The third kappa shape index (κ3) is 5.17. The number of nitrogen functional groups attached to an aromatic ring is 1. The number of nitrogens with one attached hydrogen (secondary N) is 2. The predicted molar refractivity (Wildman–Crippen MR) is 125 cm³/mol. The van der Waals surface area contributed by atoms with E-state index in [1.165, 1.54) is 12.5 Å². The second-order valence-corrected chi connectivity index (χ2v) is 7.11. The van der Waals surface area contributed by atoms with Gasteiger partial charge in [0.05, 0.1) is 5.56 Å². The number of nitrogens with zero attached hydrogens (tertiary/aromatic N) is 4. The first-order valence-corrected chi connectivity index (χ1v) is 10.1. The smallest absolute Gasteiger partial charge is 0.271 e. The molecule has 0 saturated carbocycles. The lowest BCUT2D eigenvalue weighted by atomic mass is 10.1. The van der Waals surface area contributed by atoms with Gasteiger partial charge in [-0.15, -0.1) is 0 Å². The van der Waals surface area contributed by atoms with Crippen LogP contribution < -0.4 is 21.5 Å². The molecular formula is C24H23N7O. The fourth-order valence-electron chi connectivity index (χ4n) is 3.24. The summed E-state index contributed by atoms with van der Waals surface area (Å²) in [5.41, 5.74) is 14.8. The molecular weight excluding hydrogens is 402 g/mol. The van der Waals surface area contributed by atoms with E-state index in [2.05, 4.69) is 55.0 Å². The van der Waals surface area contributed by atoms with Crippen LogP contribution in [0.5, 0.6) is 0 Å². The largest absolute Gasteiger partial charge is 0.393 e. The van der Waals surface area contributed by atoms with Crippen LogP contribution in [0.15, 0.2) is 91.5 Å². The zero-order chi connectivity index (χ0) is 22.2. The van der Waals surface area contributed by atoms with Crippen LogP contribution in [0.3, 0.4) is 0 Å². The molecule has 8 heteroatoms. The number of carbonyl (C=O) groups excluding carboxylic acids is 1. The van der Waals surface area contributed by atoms with Gasteiger partial charge in [-0.1, -0.05) is 60.7 Å². The van der Waals surface area contributed by atoms with Gasteiger partial charge in [0.15, 0.2) is 11.6 Å². The van der Waals surface area contributed by atoms with Gasteiger partial charge in [-0.3, -0.25) is 20.6 Å². The Labute approximate surface area is 186 Å². The molecule has 4 rings (SSSR count). The number of amides is 1. The lowest BCUT2D eigenvalue weighted by Gasteiger charge is -2.26. The summed E-state index contributed by atoms with van der Waals surface area (Å²) < 4.78 is 0. The minimum absolute atomic E-state index is 0.318. The standard InChI is InChI=1S/C24H23N7O/c25-21-22(29-30-24(32)20-12-7-13-26-14-20)27-17-28-23(21)31(15-18-8-3-1-4-9-18)16-19-10-5-2-6-11-19/h1-14,17H,15-16,25H2,(H,30,32)(H,27,28,29). The zero-order valence-electron chi connectivity index (χ0n) is 17.3. The molecule has 0 unspecified atom stereocenters. The van der Waals surface area contributed by atoms with Gasteiger partial charge in [0.2, 0.25) is 0 Å². The lowest BCUT2D eigenvalue weighted by Crippen LogP contribution is -2.31. The Hall–Kier alpha value is -4.46.